The zero-order valence-electron chi connectivity index (χ0n) is 17.0. The van der Waals surface area contributed by atoms with Gasteiger partial charge in [-0.3, -0.25) is 0 Å². The summed E-state index contributed by atoms with van der Waals surface area (Å²) in [7, 11) is 0. The average Bonchev–Trinajstić information content (AvgIpc) is 2.95. The summed E-state index contributed by atoms with van der Waals surface area (Å²) in [5.74, 6) is 6.67. The third-order valence-corrected chi connectivity index (χ3v) is 9.87. The minimum atomic E-state index is -4.01. The normalized spacial score (nSPS) is 49.6. The lowest BCUT2D eigenvalue weighted by molar-refractivity contribution is -0.144. The van der Waals surface area contributed by atoms with E-state index in [9.17, 15) is 13.2 Å². The van der Waals surface area contributed by atoms with Gasteiger partial charge < -0.3 is 0 Å². The van der Waals surface area contributed by atoms with Crippen molar-refractivity contribution < 1.29 is 13.2 Å². The maximum absolute atomic E-state index is 12.8. The van der Waals surface area contributed by atoms with Crippen LogP contribution in [0.2, 0.25) is 0 Å². The second kappa shape index (κ2) is 6.70. The van der Waals surface area contributed by atoms with Gasteiger partial charge in [0.15, 0.2) is 0 Å². The number of hydrogen-bond donors (Lipinski definition) is 0. The van der Waals surface area contributed by atoms with Crippen molar-refractivity contribution in [2.24, 2.45) is 46.3 Å². The molecule has 152 valence electrons. The van der Waals surface area contributed by atoms with Crippen LogP contribution in [0.4, 0.5) is 13.2 Å². The van der Waals surface area contributed by atoms with Crippen LogP contribution in [0.15, 0.2) is 0 Å². The van der Waals surface area contributed by atoms with Crippen LogP contribution in [0, 0.1) is 58.7 Å². The third-order valence-electron chi connectivity index (χ3n) is 9.87. The first-order valence-corrected chi connectivity index (χ1v) is 11.2. The fourth-order valence-corrected chi connectivity index (χ4v) is 8.33. The fourth-order valence-electron chi connectivity index (χ4n) is 8.33. The minimum Gasteiger partial charge on any atom is -0.171 e. The lowest BCUT2D eigenvalue weighted by atomic mass is 9.44. The van der Waals surface area contributed by atoms with Gasteiger partial charge in [-0.05, 0) is 105 Å². The second-order valence-electron chi connectivity index (χ2n) is 10.8. The molecule has 0 aromatic carbocycles. The Balaban J connectivity index is 1.50. The predicted molar refractivity (Wildman–Crippen MR) is 103 cm³/mol. The van der Waals surface area contributed by atoms with Crippen molar-refractivity contribution in [3.8, 4) is 12.3 Å². The van der Waals surface area contributed by atoms with E-state index in [1.54, 1.807) is 0 Å². The largest absolute Gasteiger partial charge is 0.389 e. The molecule has 4 saturated carbocycles. The van der Waals surface area contributed by atoms with Gasteiger partial charge in [-0.1, -0.05) is 13.8 Å². The average molecular weight is 381 g/mol. The topological polar surface area (TPSA) is 0 Å². The van der Waals surface area contributed by atoms with Crippen LogP contribution >= 0.6 is 0 Å². The van der Waals surface area contributed by atoms with Gasteiger partial charge in [-0.2, -0.15) is 13.2 Å². The molecule has 0 heterocycles. The molecule has 8 unspecified atom stereocenters. The summed E-state index contributed by atoms with van der Waals surface area (Å²) in [5.41, 5.74) is 0.563. The molecule has 0 aliphatic heterocycles. The highest BCUT2D eigenvalue weighted by Crippen LogP contribution is 2.68. The molecule has 0 nitrogen and oxygen atoms in total. The number of terminal acetylenes is 1. The van der Waals surface area contributed by atoms with Crippen LogP contribution in [0.1, 0.15) is 84.5 Å². The van der Waals surface area contributed by atoms with Crippen LogP contribution in [-0.4, -0.2) is 6.18 Å². The summed E-state index contributed by atoms with van der Waals surface area (Å²) >= 11 is 0. The number of hydrogen-bond acceptors (Lipinski definition) is 0. The highest BCUT2D eigenvalue weighted by atomic mass is 19.4. The molecule has 0 saturated heterocycles. The fraction of sp³-hybridized carbons (Fsp3) is 0.917. The molecule has 4 aliphatic rings. The molecule has 4 rings (SSSR count). The van der Waals surface area contributed by atoms with Gasteiger partial charge in [0.2, 0.25) is 0 Å². The SMILES string of the molecule is C#CC1CCC2(C)C(CCC3C4CCC(CCC(F)(F)F)C4(C)CCC32)C1. The van der Waals surface area contributed by atoms with Crippen LogP contribution in [0.3, 0.4) is 0 Å². The van der Waals surface area contributed by atoms with Crippen molar-refractivity contribution in [2.75, 3.05) is 0 Å². The third kappa shape index (κ3) is 3.24. The standard InChI is InChI=1S/C24H35F3/c1-4-16-9-12-23(3)18(15-16)5-7-19-20-8-6-17(10-14-24(25,26)27)22(20,2)13-11-21(19)23/h1,16-21H,5-15H2,2-3H3. The van der Waals surface area contributed by atoms with Crippen molar-refractivity contribution in [3.05, 3.63) is 0 Å². The van der Waals surface area contributed by atoms with Gasteiger partial charge in [0.25, 0.3) is 0 Å². The van der Waals surface area contributed by atoms with Crippen molar-refractivity contribution in [1.82, 2.24) is 0 Å². The Bertz CT molecular complexity index is 602. The van der Waals surface area contributed by atoms with E-state index in [-0.39, 0.29) is 11.3 Å². The van der Waals surface area contributed by atoms with Crippen molar-refractivity contribution in [3.63, 3.8) is 0 Å². The van der Waals surface area contributed by atoms with E-state index in [2.05, 4.69) is 19.8 Å². The first-order chi connectivity index (χ1) is 12.7. The van der Waals surface area contributed by atoms with Gasteiger partial charge in [0.05, 0.1) is 0 Å². The summed E-state index contributed by atoms with van der Waals surface area (Å²) in [6, 6.07) is 0. The summed E-state index contributed by atoms with van der Waals surface area (Å²) in [6.45, 7) is 4.87. The Morgan fingerprint density at radius 2 is 1.63 bits per heavy atom. The van der Waals surface area contributed by atoms with Gasteiger partial charge in [0.1, 0.15) is 0 Å². The second-order valence-corrected chi connectivity index (χ2v) is 10.8. The Labute approximate surface area is 163 Å². The van der Waals surface area contributed by atoms with Gasteiger partial charge in [-0.25, -0.2) is 0 Å². The molecule has 0 aromatic rings. The molecular formula is C24H35F3. The number of rotatable bonds is 2. The zero-order valence-corrected chi connectivity index (χ0v) is 17.0. The van der Waals surface area contributed by atoms with E-state index in [1.165, 1.54) is 38.5 Å². The van der Waals surface area contributed by atoms with E-state index < -0.39 is 12.6 Å². The van der Waals surface area contributed by atoms with Gasteiger partial charge in [0, 0.05) is 12.3 Å². The summed E-state index contributed by atoms with van der Waals surface area (Å²) in [6.07, 6.45) is 12.2. The lowest BCUT2D eigenvalue weighted by Gasteiger charge is -2.61. The summed E-state index contributed by atoms with van der Waals surface area (Å²) in [4.78, 5) is 0. The van der Waals surface area contributed by atoms with E-state index in [0.717, 1.165) is 37.0 Å². The highest BCUT2D eigenvalue weighted by molar-refractivity contribution is 5.10. The summed E-state index contributed by atoms with van der Waals surface area (Å²) in [5, 5.41) is 0. The maximum atomic E-state index is 12.8. The van der Waals surface area contributed by atoms with Crippen molar-refractivity contribution in [1.29, 1.82) is 0 Å². The Morgan fingerprint density at radius 3 is 2.33 bits per heavy atom. The Morgan fingerprint density at radius 1 is 0.926 bits per heavy atom. The van der Waals surface area contributed by atoms with Crippen LogP contribution in [-0.2, 0) is 0 Å². The Kier molecular flexibility index (Phi) is 4.88. The highest BCUT2D eigenvalue weighted by Gasteiger charge is 2.60. The zero-order chi connectivity index (χ0) is 19.4. The summed E-state index contributed by atoms with van der Waals surface area (Å²) < 4.78 is 38.4. The number of halogens is 3. The molecule has 4 fully saturated rings. The molecule has 4 aliphatic carbocycles. The quantitative estimate of drug-likeness (QED) is 0.443. The molecule has 0 radical (unpaired) electrons. The molecule has 0 N–H and O–H groups in total. The molecule has 0 spiro atoms. The van der Waals surface area contributed by atoms with Crippen LogP contribution < -0.4 is 0 Å². The molecule has 0 bridgehead atoms. The Hall–Kier alpha value is -0.650. The smallest absolute Gasteiger partial charge is 0.171 e. The molecule has 0 amide bonds. The molecular weight excluding hydrogens is 345 g/mol. The van der Waals surface area contributed by atoms with Crippen LogP contribution in [0.25, 0.3) is 0 Å². The molecule has 0 aromatic heterocycles. The van der Waals surface area contributed by atoms with E-state index in [0.29, 0.717) is 23.7 Å². The lowest BCUT2D eigenvalue weighted by Crippen LogP contribution is -2.53. The van der Waals surface area contributed by atoms with Crippen molar-refractivity contribution in [2.45, 2.75) is 90.7 Å². The first kappa shape index (κ1) is 19.7. The first-order valence-electron chi connectivity index (χ1n) is 11.2. The van der Waals surface area contributed by atoms with E-state index in [1.807, 2.05) is 0 Å². The van der Waals surface area contributed by atoms with Crippen molar-refractivity contribution >= 4 is 0 Å². The molecule has 27 heavy (non-hydrogen) atoms. The maximum Gasteiger partial charge on any atom is 0.389 e. The molecule has 8 atom stereocenters. The van der Waals surface area contributed by atoms with E-state index in [4.69, 9.17) is 6.42 Å². The van der Waals surface area contributed by atoms with Gasteiger partial charge >= 0.3 is 6.18 Å². The van der Waals surface area contributed by atoms with Gasteiger partial charge in [-0.15, -0.1) is 12.3 Å². The predicted octanol–water partition coefficient (Wildman–Crippen LogP) is 7.24. The van der Waals surface area contributed by atoms with Crippen LogP contribution in [0.5, 0.6) is 0 Å². The number of alkyl halides is 3. The number of fused-ring (bicyclic) bond motifs is 5. The monoisotopic (exact) mass is 380 g/mol. The minimum absolute atomic E-state index is 0.144. The molecule has 3 heteroatoms. The van der Waals surface area contributed by atoms with E-state index >= 15 is 0 Å².